The predicted molar refractivity (Wildman–Crippen MR) is 110 cm³/mol. The lowest BCUT2D eigenvalue weighted by Crippen LogP contribution is -2.27. The summed E-state index contributed by atoms with van der Waals surface area (Å²) in [6.45, 7) is 5.52. The number of rotatable bonds is 8. The van der Waals surface area contributed by atoms with Crippen LogP contribution in [0.3, 0.4) is 0 Å². The van der Waals surface area contributed by atoms with Crippen LogP contribution in [0.4, 0.5) is 0 Å². The molecule has 0 bridgehead atoms. The second kappa shape index (κ2) is 9.37. The second-order valence-corrected chi connectivity index (χ2v) is 7.24. The molecule has 1 amide bonds. The standard InChI is InChI=1S/C21H24N4OS/c1-3-25-20(18-11-7-8-16(2)14-18)23-24-21(25)27-15-19(26)22-13-12-17-9-5-4-6-10-17/h4-11,14H,3,12-13,15H2,1-2H3,(H,22,26). The van der Waals surface area contributed by atoms with E-state index >= 15 is 0 Å². The molecule has 0 aliphatic rings. The highest BCUT2D eigenvalue weighted by Gasteiger charge is 2.14. The molecule has 1 aromatic heterocycles. The van der Waals surface area contributed by atoms with Crippen LogP contribution >= 0.6 is 11.8 Å². The van der Waals surface area contributed by atoms with Crippen LogP contribution in [-0.2, 0) is 17.8 Å². The van der Waals surface area contributed by atoms with Crippen molar-refractivity contribution in [3.05, 3.63) is 65.7 Å². The third-order valence-electron chi connectivity index (χ3n) is 4.22. The molecule has 3 aromatic rings. The molecule has 0 fully saturated rings. The summed E-state index contributed by atoms with van der Waals surface area (Å²) in [6, 6.07) is 18.4. The van der Waals surface area contributed by atoms with E-state index in [-0.39, 0.29) is 5.91 Å². The number of hydrogen-bond donors (Lipinski definition) is 1. The Hall–Kier alpha value is -2.60. The monoisotopic (exact) mass is 380 g/mol. The molecule has 6 heteroatoms. The summed E-state index contributed by atoms with van der Waals surface area (Å²) in [7, 11) is 0. The van der Waals surface area contributed by atoms with Crippen LogP contribution in [0.15, 0.2) is 59.8 Å². The molecule has 1 N–H and O–H groups in total. The minimum atomic E-state index is 0.0127. The van der Waals surface area contributed by atoms with Gasteiger partial charge < -0.3 is 9.88 Å². The molecular weight excluding hydrogens is 356 g/mol. The van der Waals surface area contributed by atoms with Crippen LogP contribution in [0.5, 0.6) is 0 Å². The summed E-state index contributed by atoms with van der Waals surface area (Å²) in [6.07, 6.45) is 0.833. The number of nitrogens with zero attached hydrogens (tertiary/aromatic N) is 3. The minimum absolute atomic E-state index is 0.0127. The van der Waals surface area contributed by atoms with Crippen molar-refractivity contribution < 1.29 is 4.79 Å². The largest absolute Gasteiger partial charge is 0.355 e. The summed E-state index contributed by atoms with van der Waals surface area (Å²) in [4.78, 5) is 12.1. The Morgan fingerprint density at radius 2 is 1.93 bits per heavy atom. The van der Waals surface area contributed by atoms with Crippen LogP contribution in [0.25, 0.3) is 11.4 Å². The van der Waals surface area contributed by atoms with Crippen molar-refractivity contribution in [2.24, 2.45) is 0 Å². The maximum atomic E-state index is 12.1. The van der Waals surface area contributed by atoms with Gasteiger partial charge in [0.05, 0.1) is 5.75 Å². The molecule has 0 aliphatic heterocycles. The van der Waals surface area contributed by atoms with E-state index in [0.717, 1.165) is 29.5 Å². The van der Waals surface area contributed by atoms with Crippen molar-refractivity contribution in [3.8, 4) is 11.4 Å². The first-order valence-corrected chi connectivity index (χ1v) is 10.1. The van der Waals surface area contributed by atoms with E-state index in [0.29, 0.717) is 12.3 Å². The lowest BCUT2D eigenvalue weighted by molar-refractivity contribution is -0.118. The number of carbonyl (C=O) groups is 1. The maximum Gasteiger partial charge on any atom is 0.230 e. The van der Waals surface area contributed by atoms with Crippen LogP contribution in [0.2, 0.25) is 0 Å². The molecule has 140 valence electrons. The Bertz CT molecular complexity index is 892. The zero-order valence-corrected chi connectivity index (χ0v) is 16.5. The fraction of sp³-hybridized carbons (Fsp3) is 0.286. The lowest BCUT2D eigenvalue weighted by Gasteiger charge is -2.08. The van der Waals surface area contributed by atoms with E-state index in [9.17, 15) is 4.79 Å². The fourth-order valence-electron chi connectivity index (χ4n) is 2.85. The predicted octanol–water partition coefficient (Wildman–Crippen LogP) is 3.72. The molecule has 0 aliphatic carbocycles. The number of aromatic nitrogens is 3. The summed E-state index contributed by atoms with van der Waals surface area (Å²) < 4.78 is 2.05. The Morgan fingerprint density at radius 1 is 1.11 bits per heavy atom. The highest BCUT2D eigenvalue weighted by Crippen LogP contribution is 2.24. The molecule has 2 aromatic carbocycles. The van der Waals surface area contributed by atoms with Gasteiger partial charge in [0.2, 0.25) is 5.91 Å². The van der Waals surface area contributed by atoms with Gasteiger partial charge in [0, 0.05) is 18.7 Å². The van der Waals surface area contributed by atoms with Crippen LogP contribution < -0.4 is 5.32 Å². The highest BCUT2D eigenvalue weighted by atomic mass is 32.2. The van der Waals surface area contributed by atoms with Crippen molar-refractivity contribution in [1.82, 2.24) is 20.1 Å². The van der Waals surface area contributed by atoms with Crippen molar-refractivity contribution in [2.75, 3.05) is 12.3 Å². The topological polar surface area (TPSA) is 59.8 Å². The number of thioether (sulfide) groups is 1. The Labute approximate surface area is 164 Å². The number of aryl methyl sites for hydroxylation is 1. The zero-order valence-electron chi connectivity index (χ0n) is 15.7. The van der Waals surface area contributed by atoms with Crippen molar-refractivity contribution >= 4 is 17.7 Å². The van der Waals surface area contributed by atoms with Gasteiger partial charge in [-0.05, 0) is 31.9 Å². The Kier molecular flexibility index (Phi) is 6.65. The van der Waals surface area contributed by atoms with Crippen LogP contribution in [0.1, 0.15) is 18.1 Å². The number of amides is 1. The minimum Gasteiger partial charge on any atom is -0.355 e. The normalized spacial score (nSPS) is 10.7. The molecular formula is C21H24N4OS. The number of nitrogens with one attached hydrogen (secondary N) is 1. The van der Waals surface area contributed by atoms with Crippen LogP contribution in [-0.4, -0.2) is 33.0 Å². The smallest absolute Gasteiger partial charge is 0.230 e. The van der Waals surface area contributed by atoms with Crippen LogP contribution in [0, 0.1) is 6.92 Å². The van der Waals surface area contributed by atoms with E-state index < -0.39 is 0 Å². The molecule has 0 spiro atoms. The van der Waals surface area contributed by atoms with E-state index in [1.54, 1.807) is 0 Å². The number of carbonyl (C=O) groups excluding carboxylic acids is 1. The molecule has 3 rings (SSSR count). The van der Waals surface area contributed by atoms with Gasteiger partial charge in [-0.2, -0.15) is 0 Å². The average Bonchev–Trinajstić information content (AvgIpc) is 3.10. The number of benzene rings is 2. The fourth-order valence-corrected chi connectivity index (χ4v) is 3.68. The maximum absolute atomic E-state index is 12.1. The first-order valence-electron chi connectivity index (χ1n) is 9.11. The van der Waals surface area contributed by atoms with Crippen molar-refractivity contribution in [2.45, 2.75) is 32.0 Å². The Balaban J connectivity index is 1.55. The summed E-state index contributed by atoms with van der Waals surface area (Å²) in [5.74, 6) is 1.19. The molecule has 0 radical (unpaired) electrons. The second-order valence-electron chi connectivity index (χ2n) is 6.29. The lowest BCUT2D eigenvalue weighted by atomic mass is 10.1. The molecule has 0 unspecified atom stereocenters. The van der Waals surface area contributed by atoms with E-state index in [1.165, 1.54) is 22.9 Å². The van der Waals surface area contributed by atoms with E-state index in [2.05, 4.69) is 58.2 Å². The van der Waals surface area contributed by atoms with Gasteiger partial charge in [0.1, 0.15) is 0 Å². The molecule has 1 heterocycles. The van der Waals surface area contributed by atoms with E-state index in [4.69, 9.17) is 0 Å². The quantitative estimate of drug-likeness (QED) is 0.605. The Morgan fingerprint density at radius 3 is 2.67 bits per heavy atom. The first-order chi connectivity index (χ1) is 13.2. The summed E-state index contributed by atoms with van der Waals surface area (Å²) in [5.41, 5.74) is 3.45. The summed E-state index contributed by atoms with van der Waals surface area (Å²) >= 11 is 1.42. The van der Waals surface area contributed by atoms with Gasteiger partial charge in [0.15, 0.2) is 11.0 Å². The van der Waals surface area contributed by atoms with E-state index in [1.807, 2.05) is 30.3 Å². The third-order valence-corrected chi connectivity index (χ3v) is 5.19. The first kappa shape index (κ1) is 19.2. The average molecular weight is 381 g/mol. The van der Waals surface area contributed by atoms with Crippen molar-refractivity contribution in [3.63, 3.8) is 0 Å². The van der Waals surface area contributed by atoms with Gasteiger partial charge in [-0.3, -0.25) is 4.79 Å². The molecule has 5 nitrogen and oxygen atoms in total. The SMILES string of the molecule is CCn1c(SCC(=O)NCCc2ccccc2)nnc1-c1cccc(C)c1. The molecule has 0 atom stereocenters. The molecule has 27 heavy (non-hydrogen) atoms. The number of hydrogen-bond acceptors (Lipinski definition) is 4. The van der Waals surface area contributed by atoms with Gasteiger partial charge in [0.25, 0.3) is 0 Å². The zero-order chi connectivity index (χ0) is 19.1. The van der Waals surface area contributed by atoms with Gasteiger partial charge in [-0.15, -0.1) is 10.2 Å². The molecule has 0 saturated heterocycles. The summed E-state index contributed by atoms with van der Waals surface area (Å²) in [5, 5.41) is 12.4. The third kappa shape index (κ3) is 5.20. The van der Waals surface area contributed by atoms with Gasteiger partial charge in [-0.1, -0.05) is 65.9 Å². The van der Waals surface area contributed by atoms with Crippen molar-refractivity contribution in [1.29, 1.82) is 0 Å². The highest BCUT2D eigenvalue weighted by molar-refractivity contribution is 7.99. The van der Waals surface area contributed by atoms with Gasteiger partial charge in [-0.25, -0.2) is 0 Å². The molecule has 0 saturated carbocycles. The van der Waals surface area contributed by atoms with Gasteiger partial charge >= 0.3 is 0 Å².